The maximum Gasteiger partial charge on any atom is 0.340 e. The number of carbonyl (C=O) groups excluding carboxylic acids is 3. The average Bonchev–Trinajstić information content (AvgIpc) is 3.22. The number of benzene rings is 1. The second-order valence-corrected chi connectivity index (χ2v) is 5.75. The molecular formula is C17H15NO5. The molecule has 1 aromatic carbocycles. The molecule has 4 rings (SSSR count). The highest BCUT2D eigenvalue weighted by atomic mass is 16.5. The number of imide groups is 1. The van der Waals surface area contributed by atoms with Crippen LogP contribution in [0.1, 0.15) is 17.3 Å². The summed E-state index contributed by atoms with van der Waals surface area (Å²) in [7, 11) is 0. The van der Waals surface area contributed by atoms with Crippen LogP contribution >= 0.6 is 0 Å². The molecule has 1 aromatic rings. The van der Waals surface area contributed by atoms with Gasteiger partial charge in [-0.3, -0.25) is 9.59 Å². The number of hydrogen-bond acceptors (Lipinski definition) is 5. The first-order chi connectivity index (χ1) is 11.1. The number of para-hydroxylation sites is 1. The van der Waals surface area contributed by atoms with E-state index in [0.717, 1.165) is 4.90 Å². The Hall–Kier alpha value is -2.47. The number of fused-ring (bicyclic) bond motifs is 5. The van der Waals surface area contributed by atoms with Crippen molar-refractivity contribution < 1.29 is 23.9 Å². The third-order valence-electron chi connectivity index (χ3n) is 4.55. The lowest BCUT2D eigenvalue weighted by molar-refractivity contribution is -0.124. The quantitative estimate of drug-likeness (QED) is 0.478. The van der Waals surface area contributed by atoms with Gasteiger partial charge in [0.05, 0.1) is 41.9 Å². The molecule has 2 amide bonds. The summed E-state index contributed by atoms with van der Waals surface area (Å²) < 4.78 is 10.6. The van der Waals surface area contributed by atoms with Gasteiger partial charge in [-0.2, -0.15) is 0 Å². The molecule has 6 heteroatoms. The van der Waals surface area contributed by atoms with E-state index in [1.807, 2.05) is 12.2 Å². The lowest BCUT2D eigenvalue weighted by atomic mass is 9.85. The Morgan fingerprint density at radius 1 is 1.13 bits per heavy atom. The molecule has 118 valence electrons. The van der Waals surface area contributed by atoms with Crippen molar-refractivity contribution >= 4 is 23.5 Å². The third-order valence-corrected chi connectivity index (χ3v) is 4.55. The van der Waals surface area contributed by atoms with Gasteiger partial charge < -0.3 is 9.47 Å². The minimum Gasteiger partial charge on any atom is -0.462 e. The SMILES string of the molecule is CCOC(=O)c1ccccc1N1C(=O)C2C3C=CC(O3)C2C1=O. The summed E-state index contributed by atoms with van der Waals surface area (Å²) in [5, 5.41) is 0. The van der Waals surface area contributed by atoms with Gasteiger partial charge in [-0.05, 0) is 19.1 Å². The van der Waals surface area contributed by atoms with Crippen molar-refractivity contribution in [2.24, 2.45) is 11.8 Å². The van der Waals surface area contributed by atoms with Crippen molar-refractivity contribution in [1.29, 1.82) is 0 Å². The summed E-state index contributed by atoms with van der Waals surface area (Å²) in [5.41, 5.74) is 0.506. The molecule has 6 nitrogen and oxygen atoms in total. The molecule has 0 aromatic heterocycles. The van der Waals surface area contributed by atoms with E-state index in [2.05, 4.69) is 0 Å². The van der Waals surface area contributed by atoms with Gasteiger partial charge in [-0.25, -0.2) is 9.69 Å². The van der Waals surface area contributed by atoms with Crippen molar-refractivity contribution in [2.45, 2.75) is 19.1 Å². The van der Waals surface area contributed by atoms with Crippen molar-refractivity contribution in [2.75, 3.05) is 11.5 Å². The van der Waals surface area contributed by atoms with Gasteiger partial charge in [-0.15, -0.1) is 0 Å². The lowest BCUT2D eigenvalue weighted by Crippen LogP contribution is -2.35. The van der Waals surface area contributed by atoms with Gasteiger partial charge in [0, 0.05) is 0 Å². The molecule has 0 saturated carbocycles. The van der Waals surface area contributed by atoms with Crippen LogP contribution in [0.25, 0.3) is 0 Å². The Balaban J connectivity index is 1.74. The molecule has 4 unspecified atom stereocenters. The molecule has 0 aliphatic carbocycles. The van der Waals surface area contributed by atoms with E-state index in [1.165, 1.54) is 0 Å². The van der Waals surface area contributed by atoms with Crippen LogP contribution in [-0.2, 0) is 19.1 Å². The minimum absolute atomic E-state index is 0.220. The lowest BCUT2D eigenvalue weighted by Gasteiger charge is -2.20. The maximum atomic E-state index is 12.8. The average molecular weight is 313 g/mol. The van der Waals surface area contributed by atoms with Crippen LogP contribution in [0.3, 0.4) is 0 Å². The van der Waals surface area contributed by atoms with Gasteiger partial charge in [0.2, 0.25) is 11.8 Å². The fourth-order valence-corrected chi connectivity index (χ4v) is 3.59. The van der Waals surface area contributed by atoms with Gasteiger partial charge in [0.1, 0.15) is 0 Å². The van der Waals surface area contributed by atoms with Gasteiger partial charge >= 0.3 is 5.97 Å². The highest BCUT2D eigenvalue weighted by Gasteiger charge is 2.61. The van der Waals surface area contributed by atoms with Crippen LogP contribution in [0, 0.1) is 11.8 Å². The fourth-order valence-electron chi connectivity index (χ4n) is 3.59. The van der Waals surface area contributed by atoms with Crippen LogP contribution in [0.2, 0.25) is 0 Å². The number of nitrogens with zero attached hydrogens (tertiary/aromatic N) is 1. The van der Waals surface area contributed by atoms with Crippen LogP contribution in [0.4, 0.5) is 5.69 Å². The molecule has 4 atom stereocenters. The zero-order valence-electron chi connectivity index (χ0n) is 12.5. The zero-order chi connectivity index (χ0) is 16.1. The highest BCUT2D eigenvalue weighted by Crippen LogP contribution is 2.46. The monoisotopic (exact) mass is 313 g/mol. The van der Waals surface area contributed by atoms with Gasteiger partial charge in [0.15, 0.2) is 0 Å². The Labute approximate surface area is 132 Å². The summed E-state index contributed by atoms with van der Waals surface area (Å²) in [6.45, 7) is 1.93. The van der Waals surface area contributed by atoms with Crippen LogP contribution in [0.15, 0.2) is 36.4 Å². The van der Waals surface area contributed by atoms with Gasteiger partial charge in [0.25, 0.3) is 0 Å². The van der Waals surface area contributed by atoms with E-state index < -0.39 is 17.8 Å². The Morgan fingerprint density at radius 3 is 2.35 bits per heavy atom. The summed E-state index contributed by atoms with van der Waals surface area (Å²) in [6, 6.07) is 6.52. The molecule has 2 saturated heterocycles. The first kappa shape index (κ1) is 14.1. The Bertz CT molecular complexity index is 710. The summed E-state index contributed by atoms with van der Waals surface area (Å²) in [5.74, 6) is -2.15. The summed E-state index contributed by atoms with van der Waals surface area (Å²) in [6.07, 6.45) is 2.97. The van der Waals surface area contributed by atoms with E-state index in [9.17, 15) is 14.4 Å². The van der Waals surface area contributed by atoms with Crippen molar-refractivity contribution in [3.63, 3.8) is 0 Å². The highest BCUT2D eigenvalue weighted by molar-refractivity contribution is 6.24. The maximum absolute atomic E-state index is 12.8. The number of anilines is 1. The number of amides is 2. The molecule has 3 heterocycles. The van der Waals surface area contributed by atoms with Crippen LogP contribution < -0.4 is 4.90 Å². The van der Waals surface area contributed by atoms with Gasteiger partial charge in [-0.1, -0.05) is 24.3 Å². The van der Waals surface area contributed by atoms with E-state index in [4.69, 9.17) is 9.47 Å². The molecule has 0 radical (unpaired) electrons. The van der Waals surface area contributed by atoms with Crippen LogP contribution in [-0.4, -0.2) is 36.6 Å². The molecule has 0 N–H and O–H groups in total. The second kappa shape index (κ2) is 5.03. The Morgan fingerprint density at radius 2 is 1.74 bits per heavy atom. The number of esters is 1. The van der Waals surface area contributed by atoms with E-state index in [1.54, 1.807) is 31.2 Å². The predicted octanol–water partition coefficient (Wildman–Crippen LogP) is 1.31. The minimum atomic E-state index is -0.543. The van der Waals surface area contributed by atoms with E-state index >= 15 is 0 Å². The smallest absolute Gasteiger partial charge is 0.340 e. The molecule has 2 fully saturated rings. The van der Waals surface area contributed by atoms with E-state index in [-0.39, 0.29) is 41.9 Å². The normalized spacial score (nSPS) is 30.9. The summed E-state index contributed by atoms with van der Waals surface area (Å²) >= 11 is 0. The predicted molar refractivity (Wildman–Crippen MR) is 79.7 cm³/mol. The largest absolute Gasteiger partial charge is 0.462 e. The first-order valence-electron chi connectivity index (χ1n) is 7.61. The standard InChI is InChI=1S/C17H15NO5/c1-2-22-17(21)9-5-3-4-6-10(9)18-15(19)13-11-7-8-12(23-11)14(13)16(18)20/h3-8,11-14H,2H2,1H3. The number of carbonyl (C=O) groups is 3. The summed E-state index contributed by atoms with van der Waals surface area (Å²) in [4.78, 5) is 38.8. The number of hydrogen-bond donors (Lipinski definition) is 0. The van der Waals surface area contributed by atoms with Crippen molar-refractivity contribution in [3.05, 3.63) is 42.0 Å². The second-order valence-electron chi connectivity index (χ2n) is 5.75. The molecule has 0 spiro atoms. The molecule has 2 bridgehead atoms. The van der Waals surface area contributed by atoms with Crippen molar-refractivity contribution in [1.82, 2.24) is 0 Å². The first-order valence-corrected chi connectivity index (χ1v) is 7.61. The van der Waals surface area contributed by atoms with Crippen LogP contribution in [0.5, 0.6) is 0 Å². The number of rotatable bonds is 3. The molecule has 3 aliphatic rings. The molecule has 23 heavy (non-hydrogen) atoms. The van der Waals surface area contributed by atoms with Crippen molar-refractivity contribution in [3.8, 4) is 0 Å². The topological polar surface area (TPSA) is 72.9 Å². The third kappa shape index (κ3) is 1.88. The number of ether oxygens (including phenoxy) is 2. The fraction of sp³-hybridized carbons (Fsp3) is 0.353. The van der Waals surface area contributed by atoms with E-state index in [0.29, 0.717) is 0 Å². The Kier molecular flexibility index (Phi) is 3.09. The molecular weight excluding hydrogens is 298 g/mol. The zero-order valence-corrected chi connectivity index (χ0v) is 12.5. The molecule has 3 aliphatic heterocycles.